The van der Waals surface area contributed by atoms with Crippen LogP contribution in [0.5, 0.6) is 0 Å². The van der Waals surface area contributed by atoms with E-state index in [-0.39, 0.29) is 0 Å². The quantitative estimate of drug-likeness (QED) is 0.914. The number of nitrogens with one attached hydrogen (secondary N) is 1. The van der Waals surface area contributed by atoms with Gasteiger partial charge in [0.1, 0.15) is 11.3 Å². The Morgan fingerprint density at radius 1 is 1.43 bits per heavy atom. The highest BCUT2D eigenvalue weighted by Crippen LogP contribution is 2.25. The van der Waals surface area contributed by atoms with E-state index in [0.29, 0.717) is 22.2 Å². The third-order valence-electron chi connectivity index (χ3n) is 2.32. The van der Waals surface area contributed by atoms with E-state index in [9.17, 15) is 4.79 Å². The van der Waals surface area contributed by atoms with Crippen LogP contribution in [0, 0.1) is 0 Å². The highest BCUT2D eigenvalue weighted by atomic mass is 35.5. The fourth-order valence-electron chi connectivity index (χ4n) is 1.52. The third-order valence-corrected chi connectivity index (χ3v) is 2.61. The van der Waals surface area contributed by atoms with Gasteiger partial charge in [-0.25, -0.2) is 14.5 Å². The van der Waals surface area contributed by atoms with E-state index in [1.165, 1.54) is 10.9 Å². The Labute approximate surface area is 126 Å². The zero-order valence-electron chi connectivity index (χ0n) is 12.1. The van der Waals surface area contributed by atoms with Gasteiger partial charge in [0.25, 0.3) is 0 Å². The van der Waals surface area contributed by atoms with Crippen LogP contribution < -0.4 is 5.32 Å². The van der Waals surface area contributed by atoms with Gasteiger partial charge in [0.15, 0.2) is 0 Å². The molecule has 1 N–H and O–H groups in total. The van der Waals surface area contributed by atoms with Gasteiger partial charge < -0.3 is 4.74 Å². The molecule has 0 unspecified atom stereocenters. The molecule has 0 bridgehead atoms. The highest BCUT2D eigenvalue weighted by molar-refractivity contribution is 6.33. The first kappa shape index (κ1) is 15.2. The third kappa shape index (κ3) is 3.88. The maximum Gasteiger partial charge on any atom is 0.412 e. The predicted molar refractivity (Wildman–Crippen MR) is 76.9 cm³/mol. The smallest absolute Gasteiger partial charge is 0.412 e. The Kier molecular flexibility index (Phi) is 4.08. The number of anilines is 1. The number of nitrogens with zero attached hydrogens (tertiary/aromatic N) is 5. The standard InChI is InChI=1S/C12H15ClN6O2/c1-12(2,3)21-11(20)15-7-5-8(13)9(14-6-7)10-16-17-18-19(10)4/h5-6H,1-4H3,(H,15,20). The van der Waals surface area contributed by atoms with Crippen molar-refractivity contribution >= 4 is 23.4 Å². The maximum absolute atomic E-state index is 11.7. The monoisotopic (exact) mass is 310 g/mol. The zero-order chi connectivity index (χ0) is 15.6. The molecular weight excluding hydrogens is 296 g/mol. The van der Waals surface area contributed by atoms with Crippen molar-refractivity contribution in [2.75, 3.05) is 5.32 Å². The molecule has 112 valence electrons. The van der Waals surface area contributed by atoms with Gasteiger partial charge in [0, 0.05) is 7.05 Å². The van der Waals surface area contributed by atoms with Crippen molar-refractivity contribution in [3.05, 3.63) is 17.3 Å². The number of hydrogen-bond acceptors (Lipinski definition) is 6. The average molecular weight is 311 g/mol. The minimum absolute atomic E-state index is 0.321. The van der Waals surface area contributed by atoms with Gasteiger partial charge in [0.05, 0.1) is 16.9 Å². The number of amides is 1. The van der Waals surface area contributed by atoms with Gasteiger partial charge in [-0.3, -0.25) is 5.32 Å². The topological polar surface area (TPSA) is 94.8 Å². The number of ether oxygens (including phenoxy) is 1. The minimum Gasteiger partial charge on any atom is -0.444 e. The Hall–Kier alpha value is -2.22. The summed E-state index contributed by atoms with van der Waals surface area (Å²) >= 11 is 6.15. The van der Waals surface area contributed by atoms with E-state index in [1.54, 1.807) is 33.9 Å². The van der Waals surface area contributed by atoms with Gasteiger partial charge in [0.2, 0.25) is 5.82 Å². The van der Waals surface area contributed by atoms with E-state index in [4.69, 9.17) is 16.3 Å². The first-order valence-electron chi connectivity index (χ1n) is 6.14. The predicted octanol–water partition coefficient (Wildman–Crippen LogP) is 2.27. The maximum atomic E-state index is 11.7. The Morgan fingerprint density at radius 3 is 2.67 bits per heavy atom. The van der Waals surface area contributed by atoms with Crippen LogP contribution >= 0.6 is 11.6 Å². The van der Waals surface area contributed by atoms with Crippen LogP contribution in [0.15, 0.2) is 12.3 Å². The molecule has 0 aliphatic rings. The molecule has 0 spiro atoms. The van der Waals surface area contributed by atoms with Crippen molar-refractivity contribution in [2.24, 2.45) is 7.05 Å². The molecule has 21 heavy (non-hydrogen) atoms. The first-order valence-corrected chi connectivity index (χ1v) is 6.52. The lowest BCUT2D eigenvalue weighted by molar-refractivity contribution is 0.0636. The summed E-state index contributed by atoms with van der Waals surface area (Å²) in [6.07, 6.45) is 0.883. The number of hydrogen-bond donors (Lipinski definition) is 1. The van der Waals surface area contributed by atoms with Crippen LogP contribution in [0.25, 0.3) is 11.5 Å². The number of carbonyl (C=O) groups excluding carboxylic acids is 1. The molecule has 2 aromatic heterocycles. The van der Waals surface area contributed by atoms with Crippen LogP contribution in [-0.4, -0.2) is 36.9 Å². The van der Waals surface area contributed by atoms with Crippen LogP contribution in [0.1, 0.15) is 20.8 Å². The van der Waals surface area contributed by atoms with Gasteiger partial charge >= 0.3 is 6.09 Å². The second-order valence-electron chi connectivity index (χ2n) is 5.31. The summed E-state index contributed by atoms with van der Waals surface area (Å²) in [6.45, 7) is 5.34. The normalized spacial score (nSPS) is 11.3. The molecule has 8 nitrogen and oxygen atoms in total. The van der Waals surface area contributed by atoms with E-state index in [0.717, 1.165) is 0 Å². The largest absolute Gasteiger partial charge is 0.444 e. The fraction of sp³-hybridized carbons (Fsp3) is 0.417. The second kappa shape index (κ2) is 5.65. The molecule has 0 saturated heterocycles. The molecule has 1 amide bonds. The molecule has 0 aromatic carbocycles. The Bertz CT molecular complexity index is 664. The van der Waals surface area contributed by atoms with Gasteiger partial charge in [-0.2, -0.15) is 0 Å². The van der Waals surface area contributed by atoms with Gasteiger partial charge in [-0.05, 0) is 37.3 Å². The minimum atomic E-state index is -0.578. The van der Waals surface area contributed by atoms with E-state index >= 15 is 0 Å². The van der Waals surface area contributed by atoms with E-state index < -0.39 is 11.7 Å². The summed E-state index contributed by atoms with van der Waals surface area (Å²) in [4.78, 5) is 15.8. The van der Waals surface area contributed by atoms with Crippen LogP contribution in [0.4, 0.5) is 10.5 Å². The van der Waals surface area contributed by atoms with Crippen molar-refractivity contribution in [3.8, 4) is 11.5 Å². The van der Waals surface area contributed by atoms with E-state index in [1.807, 2.05) is 0 Å². The molecule has 9 heteroatoms. The fourth-order valence-corrected chi connectivity index (χ4v) is 1.77. The van der Waals surface area contributed by atoms with Crippen molar-refractivity contribution in [1.82, 2.24) is 25.2 Å². The average Bonchev–Trinajstić information content (AvgIpc) is 2.73. The lowest BCUT2D eigenvalue weighted by Crippen LogP contribution is -2.27. The number of pyridine rings is 1. The van der Waals surface area contributed by atoms with Crippen molar-refractivity contribution in [2.45, 2.75) is 26.4 Å². The molecule has 0 aliphatic carbocycles. The van der Waals surface area contributed by atoms with Gasteiger partial charge in [-0.15, -0.1) is 5.10 Å². The number of carbonyl (C=O) groups is 1. The summed E-state index contributed by atoms with van der Waals surface area (Å²) in [5, 5.41) is 13.9. The van der Waals surface area contributed by atoms with Crippen LogP contribution in [0.2, 0.25) is 5.02 Å². The number of halogens is 1. The summed E-state index contributed by atoms with van der Waals surface area (Å²) in [5.41, 5.74) is 0.276. The second-order valence-corrected chi connectivity index (χ2v) is 5.71. The molecule has 2 rings (SSSR count). The summed E-state index contributed by atoms with van der Waals surface area (Å²) in [5.74, 6) is 0.434. The SMILES string of the molecule is Cn1nnnc1-c1ncc(NC(=O)OC(C)(C)C)cc1Cl. The Balaban J connectivity index is 2.17. The summed E-state index contributed by atoms with van der Waals surface area (Å²) < 4.78 is 6.60. The van der Waals surface area contributed by atoms with Crippen molar-refractivity contribution < 1.29 is 9.53 Å². The molecule has 2 heterocycles. The molecule has 0 atom stereocenters. The van der Waals surface area contributed by atoms with Gasteiger partial charge in [-0.1, -0.05) is 11.6 Å². The van der Waals surface area contributed by atoms with Crippen molar-refractivity contribution in [1.29, 1.82) is 0 Å². The molecular formula is C12H15ClN6O2. The lowest BCUT2D eigenvalue weighted by Gasteiger charge is -2.19. The molecule has 0 radical (unpaired) electrons. The zero-order valence-corrected chi connectivity index (χ0v) is 12.8. The van der Waals surface area contributed by atoms with Crippen LogP contribution in [-0.2, 0) is 11.8 Å². The Morgan fingerprint density at radius 2 is 2.14 bits per heavy atom. The number of aromatic nitrogens is 5. The summed E-state index contributed by atoms with van der Waals surface area (Å²) in [6, 6.07) is 1.56. The molecule has 0 fully saturated rings. The highest BCUT2D eigenvalue weighted by Gasteiger charge is 2.17. The summed E-state index contributed by atoms with van der Waals surface area (Å²) in [7, 11) is 1.68. The number of aryl methyl sites for hydroxylation is 1. The first-order chi connectivity index (χ1) is 9.76. The number of tetrazole rings is 1. The van der Waals surface area contributed by atoms with Crippen molar-refractivity contribution in [3.63, 3.8) is 0 Å². The lowest BCUT2D eigenvalue weighted by atomic mass is 10.2. The number of rotatable bonds is 2. The van der Waals surface area contributed by atoms with E-state index in [2.05, 4.69) is 25.8 Å². The molecule has 0 saturated carbocycles. The van der Waals surface area contributed by atoms with Crippen LogP contribution in [0.3, 0.4) is 0 Å². The molecule has 0 aliphatic heterocycles. The molecule has 2 aromatic rings.